The highest BCUT2D eigenvalue weighted by molar-refractivity contribution is 5.20. The van der Waals surface area contributed by atoms with Gasteiger partial charge in [-0.1, -0.05) is 53.0 Å². The summed E-state index contributed by atoms with van der Waals surface area (Å²) in [5.74, 6) is 0.892. The first-order chi connectivity index (χ1) is 8.33. The van der Waals surface area contributed by atoms with Crippen molar-refractivity contribution in [3.63, 3.8) is 0 Å². The number of nitrogens with one attached hydrogen (secondary N) is 1. The molecule has 0 aliphatic carbocycles. The Hall–Kier alpha value is -1.24. The number of hydrogen-bond donors (Lipinski definition) is 1. The van der Waals surface area contributed by atoms with E-state index in [2.05, 4.69) is 70.0 Å². The topological polar surface area (TPSA) is 15.3 Å². The molecule has 1 unspecified atom stereocenters. The van der Waals surface area contributed by atoms with Crippen molar-refractivity contribution in [2.75, 3.05) is 7.05 Å². The molecule has 0 aromatic heterocycles. The fourth-order valence-corrected chi connectivity index (χ4v) is 1.55. The maximum Gasteiger partial charge on any atom is 0.0702 e. The standard InChI is InChI=1S/C16H28N2/c1-9-15(12(3)4)11-14(7)18(8)17-16(10-2)13(5)6/h9,11-14,17H,1-2H2,3-8H3/b15-11+. The molecule has 0 spiro atoms. The van der Waals surface area contributed by atoms with Crippen molar-refractivity contribution in [2.24, 2.45) is 11.8 Å². The predicted molar refractivity (Wildman–Crippen MR) is 81.0 cm³/mol. The van der Waals surface area contributed by atoms with E-state index in [0.29, 0.717) is 11.8 Å². The van der Waals surface area contributed by atoms with Crippen LogP contribution in [0.25, 0.3) is 0 Å². The van der Waals surface area contributed by atoms with Crippen LogP contribution in [0.3, 0.4) is 0 Å². The highest BCUT2D eigenvalue weighted by atomic mass is 15.5. The summed E-state index contributed by atoms with van der Waals surface area (Å²) in [4.78, 5) is 0. The van der Waals surface area contributed by atoms with Crippen LogP contribution in [0.5, 0.6) is 0 Å². The van der Waals surface area contributed by atoms with Gasteiger partial charge in [-0.2, -0.15) is 0 Å². The Kier molecular flexibility index (Phi) is 7.42. The number of hydrogen-bond acceptors (Lipinski definition) is 2. The third-order valence-corrected chi connectivity index (χ3v) is 3.01. The van der Waals surface area contributed by atoms with Gasteiger partial charge in [0.15, 0.2) is 0 Å². The highest BCUT2D eigenvalue weighted by Gasteiger charge is 2.11. The van der Waals surface area contributed by atoms with Crippen molar-refractivity contribution in [2.45, 2.75) is 40.7 Å². The molecule has 0 aliphatic rings. The molecule has 0 aromatic rings. The minimum absolute atomic E-state index is 0.280. The van der Waals surface area contributed by atoms with Crippen LogP contribution in [-0.2, 0) is 0 Å². The van der Waals surface area contributed by atoms with Crippen LogP contribution in [0.2, 0.25) is 0 Å². The number of hydrazine groups is 1. The Labute approximate surface area is 113 Å². The smallest absolute Gasteiger partial charge is 0.0702 e. The van der Waals surface area contributed by atoms with E-state index in [-0.39, 0.29) is 6.04 Å². The molecule has 0 rings (SSSR count). The molecule has 1 atom stereocenters. The number of rotatable bonds is 7. The van der Waals surface area contributed by atoms with Gasteiger partial charge < -0.3 is 5.43 Å². The summed E-state index contributed by atoms with van der Waals surface area (Å²) in [6.07, 6.45) is 4.16. The predicted octanol–water partition coefficient (Wildman–Crippen LogP) is 3.90. The summed E-state index contributed by atoms with van der Waals surface area (Å²) in [6.45, 7) is 18.3. The van der Waals surface area contributed by atoms with Gasteiger partial charge in [-0.15, -0.1) is 5.73 Å². The molecule has 0 saturated heterocycles. The minimum Gasteiger partial charge on any atom is -0.315 e. The van der Waals surface area contributed by atoms with Crippen LogP contribution in [-0.4, -0.2) is 18.1 Å². The van der Waals surface area contributed by atoms with Crippen LogP contribution in [0.1, 0.15) is 34.6 Å². The van der Waals surface area contributed by atoms with Gasteiger partial charge in [0.25, 0.3) is 0 Å². The van der Waals surface area contributed by atoms with Crippen molar-refractivity contribution in [3.05, 3.63) is 42.3 Å². The SMILES string of the molecule is C=C=C(NN(C)C(C)/C=C(\C=C)C(C)C)C(C)C. The lowest BCUT2D eigenvalue weighted by Crippen LogP contribution is -2.40. The highest BCUT2D eigenvalue weighted by Crippen LogP contribution is 2.13. The molecule has 0 amide bonds. The Morgan fingerprint density at radius 3 is 2.06 bits per heavy atom. The minimum atomic E-state index is 0.280. The third-order valence-electron chi connectivity index (χ3n) is 3.01. The van der Waals surface area contributed by atoms with Crippen molar-refractivity contribution < 1.29 is 0 Å². The van der Waals surface area contributed by atoms with Crippen molar-refractivity contribution >= 4 is 0 Å². The van der Waals surface area contributed by atoms with Crippen LogP contribution in [0.4, 0.5) is 0 Å². The van der Waals surface area contributed by atoms with Gasteiger partial charge in [-0.05, 0) is 18.4 Å². The molecule has 2 nitrogen and oxygen atoms in total. The molecule has 0 bridgehead atoms. The van der Waals surface area contributed by atoms with Crippen LogP contribution in [0, 0.1) is 11.8 Å². The zero-order chi connectivity index (χ0) is 14.3. The van der Waals surface area contributed by atoms with Crippen LogP contribution >= 0.6 is 0 Å². The molecule has 0 fully saturated rings. The lowest BCUT2D eigenvalue weighted by molar-refractivity contribution is 0.221. The molecule has 2 heteroatoms. The first-order valence-electron chi connectivity index (χ1n) is 6.57. The van der Waals surface area contributed by atoms with E-state index in [4.69, 9.17) is 0 Å². The number of nitrogens with zero attached hydrogens (tertiary/aromatic N) is 1. The lowest BCUT2D eigenvalue weighted by atomic mass is 10.0. The van der Waals surface area contributed by atoms with Crippen molar-refractivity contribution in [1.29, 1.82) is 0 Å². The molecule has 0 saturated carbocycles. The largest absolute Gasteiger partial charge is 0.315 e. The number of likely N-dealkylation sites (N-methyl/N-ethyl adjacent to an activating group) is 1. The summed E-state index contributed by atoms with van der Waals surface area (Å²) < 4.78 is 0. The van der Waals surface area contributed by atoms with Crippen molar-refractivity contribution in [1.82, 2.24) is 10.4 Å². The Balaban J connectivity index is 4.75. The average Bonchev–Trinajstić information content (AvgIpc) is 2.31. The van der Waals surface area contributed by atoms with E-state index in [1.54, 1.807) is 0 Å². The van der Waals surface area contributed by atoms with E-state index >= 15 is 0 Å². The second-order valence-corrected chi connectivity index (χ2v) is 5.23. The van der Waals surface area contributed by atoms with E-state index in [9.17, 15) is 0 Å². The molecular formula is C16H28N2. The Morgan fingerprint density at radius 2 is 1.72 bits per heavy atom. The van der Waals surface area contributed by atoms with Gasteiger partial charge in [0.2, 0.25) is 0 Å². The summed E-state index contributed by atoms with van der Waals surface area (Å²) in [5, 5.41) is 2.07. The fourth-order valence-electron chi connectivity index (χ4n) is 1.55. The van der Waals surface area contributed by atoms with Gasteiger partial charge in [-0.3, -0.25) is 0 Å². The quantitative estimate of drug-likeness (QED) is 0.417. The van der Waals surface area contributed by atoms with E-state index in [0.717, 1.165) is 5.70 Å². The zero-order valence-corrected chi connectivity index (χ0v) is 12.7. The maximum atomic E-state index is 3.87. The van der Waals surface area contributed by atoms with Gasteiger partial charge >= 0.3 is 0 Å². The van der Waals surface area contributed by atoms with Gasteiger partial charge in [0.05, 0.1) is 5.70 Å². The summed E-state index contributed by atoms with van der Waals surface area (Å²) in [6, 6.07) is 0.280. The average molecular weight is 248 g/mol. The second-order valence-electron chi connectivity index (χ2n) is 5.23. The Bertz CT molecular complexity index is 344. The third kappa shape index (κ3) is 5.39. The monoisotopic (exact) mass is 248 g/mol. The second kappa shape index (κ2) is 7.97. The van der Waals surface area contributed by atoms with Crippen LogP contribution in [0.15, 0.2) is 42.3 Å². The van der Waals surface area contributed by atoms with Gasteiger partial charge in [0, 0.05) is 19.0 Å². The molecule has 0 heterocycles. The summed E-state index contributed by atoms with van der Waals surface area (Å²) >= 11 is 0. The molecule has 18 heavy (non-hydrogen) atoms. The maximum absolute atomic E-state index is 3.87. The molecule has 1 N–H and O–H groups in total. The first-order valence-corrected chi connectivity index (χ1v) is 6.57. The van der Waals surface area contributed by atoms with Gasteiger partial charge in [0.1, 0.15) is 0 Å². The van der Waals surface area contributed by atoms with E-state index < -0.39 is 0 Å². The molecule has 0 aliphatic heterocycles. The van der Waals surface area contributed by atoms with E-state index in [1.807, 2.05) is 13.1 Å². The molecular weight excluding hydrogens is 220 g/mol. The molecule has 102 valence electrons. The van der Waals surface area contributed by atoms with Crippen molar-refractivity contribution in [3.8, 4) is 0 Å². The first kappa shape index (κ1) is 16.8. The van der Waals surface area contributed by atoms with Crippen LogP contribution < -0.4 is 5.43 Å². The normalized spacial score (nSPS) is 13.7. The van der Waals surface area contributed by atoms with E-state index in [1.165, 1.54) is 5.57 Å². The Morgan fingerprint density at radius 1 is 1.17 bits per heavy atom. The fraction of sp³-hybridized carbons (Fsp3) is 0.562. The lowest BCUT2D eigenvalue weighted by Gasteiger charge is -2.27. The molecule has 0 radical (unpaired) electrons. The zero-order valence-electron chi connectivity index (χ0n) is 12.7. The number of allylic oxidation sites excluding steroid dienone is 3. The summed E-state index contributed by atoms with van der Waals surface area (Å²) in [5.41, 5.74) is 8.57. The molecule has 0 aromatic carbocycles. The summed E-state index contributed by atoms with van der Waals surface area (Å²) in [7, 11) is 2.03. The van der Waals surface area contributed by atoms with Gasteiger partial charge in [-0.25, -0.2) is 5.01 Å².